The van der Waals surface area contributed by atoms with Gasteiger partial charge in [-0.25, -0.2) is 10.2 Å². The molecule has 0 radical (unpaired) electrons. The number of nitrogens with one attached hydrogen (secondary N) is 1. The first-order chi connectivity index (χ1) is 13.8. The first-order valence-electron chi connectivity index (χ1n) is 9.62. The Hall–Kier alpha value is -3.15. The molecule has 0 spiro atoms. The molecule has 1 fully saturated rings. The number of ether oxygens (including phenoxy) is 1. The van der Waals surface area contributed by atoms with Gasteiger partial charge in [-0.05, 0) is 41.0 Å². The third-order valence-corrected chi connectivity index (χ3v) is 4.98. The van der Waals surface area contributed by atoms with Crippen LogP contribution >= 0.6 is 0 Å². The topological polar surface area (TPSA) is 88.0 Å². The molecule has 0 heterocycles. The minimum atomic E-state index is -1.06. The Morgan fingerprint density at radius 3 is 2.52 bits per heavy atom. The first kappa shape index (κ1) is 20.6. The smallest absolute Gasteiger partial charge is 0.341 e. The highest BCUT2D eigenvalue weighted by Crippen LogP contribution is 2.47. The number of benzene rings is 2. The second-order valence-electron chi connectivity index (χ2n) is 8.28. The van der Waals surface area contributed by atoms with E-state index in [0.29, 0.717) is 11.3 Å². The predicted molar refractivity (Wildman–Crippen MR) is 111 cm³/mol. The number of amides is 1. The van der Waals surface area contributed by atoms with Gasteiger partial charge >= 0.3 is 5.97 Å². The Bertz CT molecular complexity index is 913. The van der Waals surface area contributed by atoms with Gasteiger partial charge in [-0.2, -0.15) is 5.10 Å². The highest BCUT2D eigenvalue weighted by molar-refractivity contribution is 5.87. The lowest BCUT2D eigenvalue weighted by atomic mass is 9.86. The van der Waals surface area contributed by atoms with Crippen LogP contribution in [-0.2, 0) is 15.0 Å². The lowest BCUT2D eigenvalue weighted by Gasteiger charge is -2.19. The molecule has 152 valence electrons. The van der Waals surface area contributed by atoms with Crippen LogP contribution in [0.1, 0.15) is 49.8 Å². The second kappa shape index (κ2) is 8.47. The van der Waals surface area contributed by atoms with Crippen molar-refractivity contribution in [2.45, 2.75) is 38.5 Å². The minimum absolute atomic E-state index is 0.0776. The van der Waals surface area contributed by atoms with E-state index in [1.54, 1.807) is 24.3 Å². The van der Waals surface area contributed by atoms with Crippen LogP contribution in [-0.4, -0.2) is 29.8 Å². The van der Waals surface area contributed by atoms with Crippen LogP contribution in [0.4, 0.5) is 0 Å². The fourth-order valence-electron chi connectivity index (χ4n) is 3.19. The molecule has 2 N–H and O–H groups in total. The van der Waals surface area contributed by atoms with Gasteiger partial charge in [-0.1, -0.05) is 57.2 Å². The Morgan fingerprint density at radius 2 is 1.86 bits per heavy atom. The number of hydrogen-bond acceptors (Lipinski definition) is 4. The van der Waals surface area contributed by atoms with Crippen LogP contribution in [0.2, 0.25) is 0 Å². The zero-order valence-corrected chi connectivity index (χ0v) is 16.9. The van der Waals surface area contributed by atoms with Crippen molar-refractivity contribution in [1.29, 1.82) is 0 Å². The van der Waals surface area contributed by atoms with E-state index in [1.807, 2.05) is 0 Å². The molecule has 0 aromatic heterocycles. The Kier molecular flexibility index (Phi) is 6.01. The highest BCUT2D eigenvalue weighted by Gasteiger charge is 2.44. The first-order valence-corrected chi connectivity index (χ1v) is 9.62. The summed E-state index contributed by atoms with van der Waals surface area (Å²) in [6.07, 6.45) is 2.28. The van der Waals surface area contributed by atoms with Crippen LogP contribution in [0, 0.1) is 5.92 Å². The quantitative estimate of drug-likeness (QED) is 0.554. The standard InChI is InChI=1S/C23H26N2O4/c1-23(2,3)17-10-8-15(9-11-17)18-12-19(18)22(28)25-24-13-16-6-4-5-7-20(16)29-14-21(26)27/h4-11,13,18-19H,12,14H2,1-3H3,(H,25,28)(H,26,27)/b24-13-/t18-,19-/m1/s1. The Labute approximate surface area is 170 Å². The van der Waals surface area contributed by atoms with E-state index in [0.717, 1.165) is 6.42 Å². The molecule has 0 bridgehead atoms. The molecule has 0 saturated heterocycles. The summed E-state index contributed by atoms with van der Waals surface area (Å²) in [6.45, 7) is 6.10. The zero-order valence-electron chi connectivity index (χ0n) is 16.9. The van der Waals surface area contributed by atoms with Crippen molar-refractivity contribution in [2.24, 2.45) is 11.0 Å². The van der Waals surface area contributed by atoms with Crippen molar-refractivity contribution >= 4 is 18.1 Å². The van der Waals surface area contributed by atoms with E-state index in [-0.39, 0.29) is 23.2 Å². The van der Waals surface area contributed by atoms with Gasteiger partial charge in [-0.15, -0.1) is 0 Å². The molecular formula is C23H26N2O4. The monoisotopic (exact) mass is 394 g/mol. The van der Waals surface area contributed by atoms with Gasteiger partial charge in [-0.3, -0.25) is 4.79 Å². The van der Waals surface area contributed by atoms with Crippen molar-refractivity contribution in [1.82, 2.24) is 5.43 Å². The summed E-state index contributed by atoms with van der Waals surface area (Å²) < 4.78 is 5.22. The van der Waals surface area contributed by atoms with Gasteiger partial charge in [0.2, 0.25) is 5.91 Å². The normalized spacial score (nSPS) is 18.4. The fraction of sp³-hybridized carbons (Fsp3) is 0.348. The molecule has 6 heteroatoms. The third-order valence-electron chi connectivity index (χ3n) is 4.98. The molecule has 6 nitrogen and oxygen atoms in total. The maximum absolute atomic E-state index is 12.4. The van der Waals surface area contributed by atoms with Gasteiger partial charge in [0.1, 0.15) is 5.75 Å². The number of carbonyl (C=O) groups is 2. The maximum Gasteiger partial charge on any atom is 0.341 e. The lowest BCUT2D eigenvalue weighted by Crippen LogP contribution is -2.20. The number of carbonyl (C=O) groups excluding carboxylic acids is 1. The number of nitrogens with zero attached hydrogens (tertiary/aromatic N) is 1. The fourth-order valence-corrected chi connectivity index (χ4v) is 3.19. The van der Waals surface area contributed by atoms with Crippen molar-refractivity contribution < 1.29 is 19.4 Å². The molecule has 2 aromatic rings. The summed E-state index contributed by atoms with van der Waals surface area (Å²) in [4.78, 5) is 23.0. The lowest BCUT2D eigenvalue weighted by molar-refractivity contribution is -0.139. The number of hydrazone groups is 1. The van der Waals surface area contributed by atoms with E-state index >= 15 is 0 Å². The summed E-state index contributed by atoms with van der Waals surface area (Å²) in [5.74, 6) is -0.622. The van der Waals surface area contributed by atoms with Gasteiger partial charge < -0.3 is 9.84 Å². The number of rotatable bonds is 7. The molecule has 1 saturated carbocycles. The molecule has 2 atom stereocenters. The van der Waals surface area contributed by atoms with Gasteiger partial charge in [0.25, 0.3) is 0 Å². The minimum Gasteiger partial charge on any atom is -0.481 e. The van der Waals surface area contributed by atoms with E-state index in [4.69, 9.17) is 9.84 Å². The van der Waals surface area contributed by atoms with Crippen molar-refractivity contribution in [3.8, 4) is 5.75 Å². The van der Waals surface area contributed by atoms with E-state index < -0.39 is 12.6 Å². The van der Waals surface area contributed by atoms with Crippen molar-refractivity contribution in [3.05, 3.63) is 65.2 Å². The summed E-state index contributed by atoms with van der Waals surface area (Å²) >= 11 is 0. The second-order valence-corrected chi connectivity index (χ2v) is 8.28. The molecule has 3 rings (SSSR count). The molecular weight excluding hydrogens is 368 g/mol. The Morgan fingerprint density at radius 1 is 1.17 bits per heavy atom. The van der Waals surface area contributed by atoms with Gasteiger partial charge in [0, 0.05) is 11.5 Å². The van der Waals surface area contributed by atoms with Crippen LogP contribution < -0.4 is 10.2 Å². The van der Waals surface area contributed by atoms with Crippen LogP contribution in [0.5, 0.6) is 5.75 Å². The summed E-state index contributed by atoms with van der Waals surface area (Å²) in [6, 6.07) is 15.4. The maximum atomic E-state index is 12.4. The number of carboxylic acids is 1. The van der Waals surface area contributed by atoms with Gasteiger partial charge in [0.15, 0.2) is 6.61 Å². The zero-order chi connectivity index (χ0) is 21.0. The molecule has 1 aliphatic rings. The van der Waals surface area contributed by atoms with Crippen molar-refractivity contribution in [3.63, 3.8) is 0 Å². The highest BCUT2D eigenvalue weighted by atomic mass is 16.5. The summed E-state index contributed by atoms with van der Waals surface area (Å²) in [5, 5.41) is 12.8. The van der Waals surface area contributed by atoms with E-state index in [9.17, 15) is 9.59 Å². The number of hydrogen-bond donors (Lipinski definition) is 2. The summed E-state index contributed by atoms with van der Waals surface area (Å²) in [5.41, 5.74) is 5.73. The van der Waals surface area contributed by atoms with Crippen LogP contribution in [0.3, 0.4) is 0 Å². The molecule has 1 aliphatic carbocycles. The molecule has 29 heavy (non-hydrogen) atoms. The van der Waals surface area contributed by atoms with Crippen LogP contribution in [0.15, 0.2) is 53.6 Å². The average molecular weight is 394 g/mol. The molecule has 1 amide bonds. The SMILES string of the molecule is CC(C)(C)c1ccc([C@H]2C[C@H]2C(=O)N/N=C\c2ccccc2OCC(=O)O)cc1. The number of para-hydroxylation sites is 1. The average Bonchev–Trinajstić information content (AvgIpc) is 3.47. The van der Waals surface area contributed by atoms with E-state index in [1.165, 1.54) is 17.3 Å². The van der Waals surface area contributed by atoms with E-state index in [2.05, 4.69) is 55.6 Å². The molecule has 0 unspecified atom stereocenters. The number of carboxylic acid groups (broad SMARTS) is 1. The van der Waals surface area contributed by atoms with Gasteiger partial charge in [0.05, 0.1) is 6.21 Å². The Balaban J connectivity index is 1.55. The largest absolute Gasteiger partial charge is 0.481 e. The molecule has 0 aliphatic heterocycles. The van der Waals surface area contributed by atoms with Crippen molar-refractivity contribution in [2.75, 3.05) is 6.61 Å². The molecule has 2 aromatic carbocycles. The number of aliphatic carboxylic acids is 1. The van der Waals surface area contributed by atoms with Crippen LogP contribution in [0.25, 0.3) is 0 Å². The predicted octanol–water partition coefficient (Wildman–Crippen LogP) is 3.70. The summed E-state index contributed by atoms with van der Waals surface area (Å²) in [7, 11) is 0. The third kappa shape index (κ3) is 5.44.